The molecular weight excluding hydrogens is 275 g/mol. The quantitative estimate of drug-likeness (QED) is 0.919. The van der Waals surface area contributed by atoms with Crippen LogP contribution in [0.5, 0.6) is 5.75 Å². The molecular formula is C15H17FN2O3. The normalized spacial score (nSPS) is 17.6. The summed E-state index contributed by atoms with van der Waals surface area (Å²) in [5.41, 5.74) is -0.350. The lowest BCUT2D eigenvalue weighted by Crippen LogP contribution is -2.38. The number of benzene rings is 1. The molecule has 1 aliphatic heterocycles. The molecule has 1 aromatic carbocycles. The number of hydrogen-bond acceptors (Lipinski definition) is 4. The molecule has 21 heavy (non-hydrogen) atoms. The van der Waals surface area contributed by atoms with Gasteiger partial charge in [0.2, 0.25) is 0 Å². The van der Waals surface area contributed by atoms with Crippen molar-refractivity contribution in [2.45, 2.75) is 19.9 Å². The number of carbonyl (C=O) groups is 1. The minimum atomic E-state index is -0.872. The number of carbonyl (C=O) groups excluding carboxylic acids is 1. The van der Waals surface area contributed by atoms with Gasteiger partial charge in [-0.25, -0.2) is 4.39 Å². The molecule has 6 heteroatoms. The number of amides is 1. The Labute approximate surface area is 122 Å². The minimum Gasteiger partial charge on any atom is -0.497 e. The number of rotatable bonds is 4. The van der Waals surface area contributed by atoms with Crippen molar-refractivity contribution in [3.05, 3.63) is 29.1 Å². The number of halogens is 1. The molecule has 1 atom stereocenters. The van der Waals surface area contributed by atoms with E-state index < -0.39 is 23.2 Å². The summed E-state index contributed by atoms with van der Waals surface area (Å²) in [6.45, 7) is 3.57. The lowest BCUT2D eigenvalue weighted by Gasteiger charge is -2.30. The van der Waals surface area contributed by atoms with E-state index in [0.29, 0.717) is 5.56 Å². The van der Waals surface area contributed by atoms with Crippen LogP contribution in [0.3, 0.4) is 0 Å². The monoisotopic (exact) mass is 292 g/mol. The van der Waals surface area contributed by atoms with Crippen LogP contribution in [0.15, 0.2) is 12.1 Å². The molecule has 0 saturated carbocycles. The van der Waals surface area contributed by atoms with E-state index in [-0.39, 0.29) is 24.5 Å². The zero-order valence-electron chi connectivity index (χ0n) is 12.2. The molecule has 0 radical (unpaired) electrons. The first kappa shape index (κ1) is 15.3. The number of methoxy groups -OCH3 is 1. The summed E-state index contributed by atoms with van der Waals surface area (Å²) in [6.07, 6.45) is 0. The van der Waals surface area contributed by atoms with Gasteiger partial charge in [0.05, 0.1) is 18.7 Å². The Kier molecular flexibility index (Phi) is 3.88. The molecule has 1 N–H and O–H groups in total. The number of nitriles is 1. The lowest BCUT2D eigenvalue weighted by atomic mass is 9.93. The SMILES string of the molecule is COc1cc(F)c2c(c1)C(C#N)N(CC(C)(C)CO)C2=O. The fourth-order valence-electron chi connectivity index (χ4n) is 2.40. The van der Waals surface area contributed by atoms with Crippen LogP contribution in [0.2, 0.25) is 0 Å². The number of ether oxygens (including phenoxy) is 1. The van der Waals surface area contributed by atoms with E-state index in [1.54, 1.807) is 13.8 Å². The van der Waals surface area contributed by atoms with Gasteiger partial charge >= 0.3 is 0 Å². The van der Waals surface area contributed by atoms with E-state index in [4.69, 9.17) is 4.74 Å². The molecule has 0 spiro atoms. The van der Waals surface area contributed by atoms with Gasteiger partial charge in [0.25, 0.3) is 5.91 Å². The van der Waals surface area contributed by atoms with E-state index in [1.165, 1.54) is 18.1 Å². The summed E-state index contributed by atoms with van der Waals surface area (Å²) in [7, 11) is 1.39. The Morgan fingerprint density at radius 1 is 1.52 bits per heavy atom. The van der Waals surface area contributed by atoms with E-state index >= 15 is 0 Å². The topological polar surface area (TPSA) is 73.6 Å². The molecule has 1 unspecified atom stereocenters. The van der Waals surface area contributed by atoms with Crippen molar-refractivity contribution in [3.8, 4) is 11.8 Å². The second-order valence-corrected chi connectivity index (χ2v) is 5.86. The van der Waals surface area contributed by atoms with Gasteiger partial charge in [-0.2, -0.15) is 5.26 Å². The number of hydrogen-bond donors (Lipinski definition) is 1. The van der Waals surface area contributed by atoms with Crippen molar-refractivity contribution in [1.82, 2.24) is 4.90 Å². The first-order chi connectivity index (χ1) is 9.84. The Bertz CT molecular complexity index is 622. The van der Waals surface area contributed by atoms with E-state index in [2.05, 4.69) is 0 Å². The van der Waals surface area contributed by atoms with Gasteiger partial charge in [-0.05, 0) is 6.07 Å². The Morgan fingerprint density at radius 3 is 2.71 bits per heavy atom. The van der Waals surface area contributed by atoms with E-state index in [0.717, 1.165) is 6.07 Å². The highest BCUT2D eigenvalue weighted by molar-refractivity contribution is 6.00. The van der Waals surface area contributed by atoms with Crippen LogP contribution >= 0.6 is 0 Å². The third kappa shape index (κ3) is 2.57. The van der Waals surface area contributed by atoms with Crippen molar-refractivity contribution < 1.29 is 19.0 Å². The number of fused-ring (bicyclic) bond motifs is 1. The Morgan fingerprint density at radius 2 is 2.19 bits per heavy atom. The summed E-state index contributed by atoms with van der Waals surface area (Å²) in [5, 5.41) is 18.7. The van der Waals surface area contributed by atoms with E-state index in [1.807, 2.05) is 6.07 Å². The van der Waals surface area contributed by atoms with Crippen molar-refractivity contribution in [1.29, 1.82) is 5.26 Å². The summed E-state index contributed by atoms with van der Waals surface area (Å²) in [5.74, 6) is -0.959. The average molecular weight is 292 g/mol. The highest BCUT2D eigenvalue weighted by Crippen LogP contribution is 2.38. The van der Waals surface area contributed by atoms with Crippen LogP contribution in [0.4, 0.5) is 4.39 Å². The van der Waals surface area contributed by atoms with Gasteiger partial charge < -0.3 is 14.7 Å². The van der Waals surface area contributed by atoms with Crippen LogP contribution in [-0.4, -0.2) is 36.2 Å². The number of aliphatic hydroxyl groups excluding tert-OH is 1. The summed E-state index contributed by atoms with van der Waals surface area (Å²) < 4.78 is 19.1. The van der Waals surface area contributed by atoms with Crippen molar-refractivity contribution in [2.75, 3.05) is 20.3 Å². The predicted octanol–water partition coefficient (Wildman–Crippen LogP) is 1.87. The average Bonchev–Trinajstić information content (AvgIpc) is 2.71. The van der Waals surface area contributed by atoms with Gasteiger partial charge in [-0.1, -0.05) is 13.8 Å². The molecule has 0 bridgehead atoms. The first-order valence-electron chi connectivity index (χ1n) is 6.53. The molecule has 1 amide bonds. The van der Waals surface area contributed by atoms with Crippen LogP contribution < -0.4 is 4.74 Å². The zero-order chi connectivity index (χ0) is 15.8. The number of aliphatic hydroxyl groups is 1. The van der Waals surface area contributed by atoms with Crippen LogP contribution in [0.25, 0.3) is 0 Å². The second kappa shape index (κ2) is 5.34. The maximum atomic E-state index is 14.1. The summed E-state index contributed by atoms with van der Waals surface area (Å²) in [4.78, 5) is 13.7. The molecule has 112 valence electrons. The van der Waals surface area contributed by atoms with Gasteiger partial charge in [0.15, 0.2) is 0 Å². The fraction of sp³-hybridized carbons (Fsp3) is 0.467. The predicted molar refractivity (Wildman–Crippen MR) is 73.2 cm³/mol. The number of nitrogens with zero attached hydrogens (tertiary/aromatic N) is 2. The van der Waals surface area contributed by atoms with Crippen LogP contribution in [0.1, 0.15) is 35.8 Å². The molecule has 0 fully saturated rings. The molecule has 5 nitrogen and oxygen atoms in total. The zero-order valence-corrected chi connectivity index (χ0v) is 12.2. The van der Waals surface area contributed by atoms with Crippen molar-refractivity contribution in [3.63, 3.8) is 0 Å². The van der Waals surface area contributed by atoms with Crippen LogP contribution in [0, 0.1) is 22.6 Å². The molecule has 0 aliphatic carbocycles. The van der Waals surface area contributed by atoms with Gasteiger partial charge in [-0.15, -0.1) is 0 Å². The molecule has 1 aromatic rings. The van der Waals surface area contributed by atoms with Crippen LogP contribution in [-0.2, 0) is 0 Å². The van der Waals surface area contributed by atoms with E-state index in [9.17, 15) is 19.6 Å². The molecule has 0 aromatic heterocycles. The third-order valence-corrected chi connectivity index (χ3v) is 3.56. The molecule has 1 heterocycles. The molecule has 1 aliphatic rings. The van der Waals surface area contributed by atoms with Gasteiger partial charge in [0, 0.05) is 30.2 Å². The Balaban J connectivity index is 2.48. The largest absolute Gasteiger partial charge is 0.497 e. The third-order valence-electron chi connectivity index (χ3n) is 3.56. The molecule has 2 rings (SSSR count). The van der Waals surface area contributed by atoms with Gasteiger partial charge in [0.1, 0.15) is 17.6 Å². The molecule has 0 saturated heterocycles. The fourth-order valence-corrected chi connectivity index (χ4v) is 2.40. The lowest BCUT2D eigenvalue weighted by molar-refractivity contribution is 0.0589. The first-order valence-corrected chi connectivity index (χ1v) is 6.53. The van der Waals surface area contributed by atoms with Gasteiger partial charge in [-0.3, -0.25) is 4.79 Å². The second-order valence-electron chi connectivity index (χ2n) is 5.86. The van der Waals surface area contributed by atoms with Crippen molar-refractivity contribution in [2.24, 2.45) is 5.41 Å². The standard InChI is InChI=1S/C15H17FN2O3/c1-15(2,8-19)7-18-12(6-17)10-4-9(21-3)5-11(16)13(10)14(18)20/h4-5,12,19H,7-8H2,1-3H3. The smallest absolute Gasteiger partial charge is 0.258 e. The Hall–Kier alpha value is -2.13. The highest BCUT2D eigenvalue weighted by atomic mass is 19.1. The summed E-state index contributed by atoms with van der Waals surface area (Å²) in [6, 6.07) is 3.80. The summed E-state index contributed by atoms with van der Waals surface area (Å²) >= 11 is 0. The maximum Gasteiger partial charge on any atom is 0.258 e. The van der Waals surface area contributed by atoms with Crippen molar-refractivity contribution >= 4 is 5.91 Å². The minimum absolute atomic E-state index is 0.0870. The highest BCUT2D eigenvalue weighted by Gasteiger charge is 2.41. The maximum absolute atomic E-state index is 14.1.